The summed E-state index contributed by atoms with van der Waals surface area (Å²) in [6.07, 6.45) is 3.57. The highest BCUT2D eigenvalue weighted by Gasteiger charge is 2.11. The van der Waals surface area contributed by atoms with Crippen molar-refractivity contribution in [2.45, 2.75) is 13.1 Å². The number of benzene rings is 3. The number of fused-ring (bicyclic) bond motifs is 2. The second-order valence-electron chi connectivity index (χ2n) is 8.22. The van der Waals surface area contributed by atoms with E-state index in [-0.39, 0.29) is 36.7 Å². The maximum atomic E-state index is 6.02. The molecule has 0 bridgehead atoms. The van der Waals surface area contributed by atoms with Crippen LogP contribution in [0.25, 0.3) is 21.5 Å². The van der Waals surface area contributed by atoms with Crippen LogP contribution < -0.4 is 22.3 Å². The molecule has 12 heteroatoms. The van der Waals surface area contributed by atoms with E-state index in [1.807, 2.05) is 59.3 Å². The quantitative estimate of drug-likeness (QED) is 0.0762. The fraction of sp³-hybridized carbons (Fsp3) is 0.0714. The van der Waals surface area contributed by atoms with Crippen LogP contribution in [0.15, 0.2) is 104 Å². The molecule has 0 fully saturated rings. The van der Waals surface area contributed by atoms with Gasteiger partial charge in [-0.25, -0.2) is 20.8 Å². The Balaban J connectivity index is 0.00000220. The summed E-state index contributed by atoms with van der Waals surface area (Å²) in [6, 6.07) is 24.3. The van der Waals surface area contributed by atoms with Gasteiger partial charge in [-0.2, -0.15) is 10.2 Å². The van der Waals surface area contributed by atoms with E-state index in [0.29, 0.717) is 13.1 Å². The molecule has 3 aromatic carbocycles. The van der Waals surface area contributed by atoms with Crippen molar-refractivity contribution in [1.82, 2.24) is 10.9 Å². The third-order valence-electron chi connectivity index (χ3n) is 5.73. The molecule has 0 aliphatic heterocycles. The first-order valence-corrected chi connectivity index (χ1v) is 13.6. The number of hydrogen-bond acceptors (Lipinski definition) is 6. The Labute approximate surface area is 252 Å². The molecule has 0 spiro atoms. The van der Waals surface area contributed by atoms with Crippen LogP contribution in [0.5, 0.6) is 0 Å². The molecule has 0 aliphatic rings. The zero-order chi connectivity index (χ0) is 26.2. The van der Waals surface area contributed by atoms with Gasteiger partial charge < -0.3 is 11.5 Å². The summed E-state index contributed by atoms with van der Waals surface area (Å²) in [5.74, 6) is 0.521. The lowest BCUT2D eigenvalue weighted by Gasteiger charge is -2.12. The molecule has 0 saturated heterocycles. The summed E-state index contributed by atoms with van der Waals surface area (Å²) >= 11 is 3.28. The molecule has 5 rings (SSSR count). The summed E-state index contributed by atoms with van der Waals surface area (Å²) in [7, 11) is 0. The van der Waals surface area contributed by atoms with Crippen LogP contribution >= 0.6 is 47.5 Å². The SMILES string of the molecule is Cl.Cl.NC(=NCc1cccs1)N/N=C/c1c2ccccc2c(/C=N/NC(N)=NCc2cccs2)c2ccccc12. The van der Waals surface area contributed by atoms with Crippen LogP contribution in [0.2, 0.25) is 0 Å². The Kier molecular flexibility index (Phi) is 11.5. The lowest BCUT2D eigenvalue weighted by Crippen LogP contribution is -2.27. The molecule has 0 saturated carbocycles. The van der Waals surface area contributed by atoms with Gasteiger partial charge in [0.25, 0.3) is 0 Å². The van der Waals surface area contributed by atoms with Crippen molar-refractivity contribution >= 4 is 93.4 Å². The standard InChI is InChI=1S/C28H26N8S2.2ClH/c29-27(31-15-19-7-5-13-37-19)35-33-17-25-21-9-1-2-10-22(21)26(24-12-4-3-11-23(24)25)18-34-36-28(30)32-16-20-8-6-14-38-20;;/h1-14,17-18H,15-16H2,(H3,29,31,35)(H3,30,32,36);2*1H/b33-17+,34-18+;;. The third-order valence-corrected chi connectivity index (χ3v) is 7.45. The van der Waals surface area contributed by atoms with Crippen molar-refractivity contribution < 1.29 is 0 Å². The summed E-state index contributed by atoms with van der Waals surface area (Å²) in [4.78, 5) is 11.0. The van der Waals surface area contributed by atoms with Crippen LogP contribution in [0.4, 0.5) is 0 Å². The van der Waals surface area contributed by atoms with Gasteiger partial charge in [0.1, 0.15) is 0 Å². The predicted octanol–water partition coefficient (Wildman–Crippen LogP) is 5.84. The van der Waals surface area contributed by atoms with Crippen LogP contribution in [-0.2, 0) is 13.1 Å². The van der Waals surface area contributed by atoms with Crippen molar-refractivity contribution in [3.8, 4) is 0 Å². The van der Waals surface area contributed by atoms with E-state index in [1.54, 1.807) is 35.1 Å². The molecule has 0 amide bonds. The van der Waals surface area contributed by atoms with Gasteiger partial charge in [-0.15, -0.1) is 47.5 Å². The Morgan fingerprint density at radius 1 is 0.600 bits per heavy atom. The first-order valence-electron chi connectivity index (χ1n) is 11.9. The van der Waals surface area contributed by atoms with E-state index >= 15 is 0 Å². The number of aliphatic imine (C=N–C) groups is 2. The minimum Gasteiger partial charge on any atom is -0.369 e. The number of thiophene rings is 2. The van der Waals surface area contributed by atoms with E-state index in [4.69, 9.17) is 11.5 Å². The zero-order valence-electron chi connectivity index (χ0n) is 21.2. The number of hydrazone groups is 2. The Morgan fingerprint density at radius 2 is 0.975 bits per heavy atom. The first kappa shape index (κ1) is 30.6. The molecular formula is C28H28Cl2N8S2. The summed E-state index contributed by atoms with van der Waals surface area (Å²) in [6.45, 7) is 1.03. The van der Waals surface area contributed by atoms with Gasteiger partial charge in [0.15, 0.2) is 0 Å². The number of nitrogens with one attached hydrogen (secondary N) is 2. The topological polar surface area (TPSA) is 126 Å². The molecule has 0 atom stereocenters. The molecule has 8 nitrogen and oxygen atoms in total. The predicted molar refractivity (Wildman–Crippen MR) is 177 cm³/mol. The summed E-state index contributed by atoms with van der Waals surface area (Å²) in [5, 5.41) is 17.0. The smallest absolute Gasteiger partial charge is 0.209 e. The molecular weight excluding hydrogens is 583 g/mol. The van der Waals surface area contributed by atoms with Gasteiger partial charge in [-0.05, 0) is 44.4 Å². The second kappa shape index (κ2) is 15.0. The molecule has 2 aromatic heterocycles. The monoisotopic (exact) mass is 610 g/mol. The number of rotatable bonds is 8. The lowest BCUT2D eigenvalue weighted by atomic mass is 9.92. The van der Waals surface area contributed by atoms with E-state index in [0.717, 1.165) is 42.4 Å². The van der Waals surface area contributed by atoms with Gasteiger partial charge in [0.2, 0.25) is 11.9 Å². The number of guanidine groups is 2. The molecule has 206 valence electrons. The van der Waals surface area contributed by atoms with Gasteiger partial charge in [0.05, 0.1) is 25.5 Å². The van der Waals surface area contributed by atoms with Gasteiger partial charge in [-0.1, -0.05) is 60.7 Å². The number of nitrogens with two attached hydrogens (primary N) is 2. The van der Waals surface area contributed by atoms with Gasteiger partial charge in [0, 0.05) is 20.9 Å². The molecule has 0 unspecified atom stereocenters. The molecule has 0 radical (unpaired) electrons. The van der Waals surface area contributed by atoms with Crippen LogP contribution in [0.3, 0.4) is 0 Å². The van der Waals surface area contributed by atoms with E-state index in [1.165, 1.54) is 0 Å². The Bertz CT molecular complexity index is 1470. The minimum absolute atomic E-state index is 0. The molecule has 40 heavy (non-hydrogen) atoms. The molecule has 0 aliphatic carbocycles. The fourth-order valence-corrected chi connectivity index (χ4v) is 5.26. The third kappa shape index (κ3) is 7.57. The number of nitrogens with zero attached hydrogens (tertiary/aromatic N) is 4. The highest BCUT2D eigenvalue weighted by molar-refractivity contribution is 7.10. The average molecular weight is 612 g/mol. The largest absolute Gasteiger partial charge is 0.369 e. The normalized spacial score (nSPS) is 12.1. The summed E-state index contributed by atoms with van der Waals surface area (Å²) in [5.41, 5.74) is 19.7. The van der Waals surface area contributed by atoms with Gasteiger partial charge >= 0.3 is 0 Å². The van der Waals surface area contributed by atoms with Crippen LogP contribution in [-0.4, -0.2) is 24.3 Å². The van der Waals surface area contributed by atoms with Crippen molar-refractivity contribution in [3.05, 3.63) is 104 Å². The average Bonchev–Trinajstić information content (AvgIpc) is 3.66. The van der Waals surface area contributed by atoms with Gasteiger partial charge in [-0.3, -0.25) is 0 Å². The van der Waals surface area contributed by atoms with Crippen LogP contribution in [0, 0.1) is 0 Å². The molecule has 2 heterocycles. The van der Waals surface area contributed by atoms with Crippen molar-refractivity contribution in [2.24, 2.45) is 31.7 Å². The maximum absolute atomic E-state index is 6.02. The Morgan fingerprint density at radius 3 is 1.30 bits per heavy atom. The first-order chi connectivity index (χ1) is 18.7. The zero-order valence-corrected chi connectivity index (χ0v) is 24.5. The van der Waals surface area contributed by atoms with Crippen molar-refractivity contribution in [2.75, 3.05) is 0 Å². The fourth-order valence-electron chi connectivity index (χ4n) is 4.00. The van der Waals surface area contributed by atoms with Crippen molar-refractivity contribution in [1.29, 1.82) is 0 Å². The van der Waals surface area contributed by atoms with E-state index < -0.39 is 0 Å². The van der Waals surface area contributed by atoms with Crippen LogP contribution in [0.1, 0.15) is 20.9 Å². The maximum Gasteiger partial charge on any atom is 0.209 e. The molecule has 5 aromatic rings. The highest BCUT2D eigenvalue weighted by atomic mass is 35.5. The molecule has 6 N–H and O–H groups in total. The van der Waals surface area contributed by atoms with Crippen molar-refractivity contribution in [3.63, 3.8) is 0 Å². The highest BCUT2D eigenvalue weighted by Crippen LogP contribution is 2.31. The minimum atomic E-state index is 0. The summed E-state index contributed by atoms with van der Waals surface area (Å²) < 4.78 is 0. The number of hydrogen-bond donors (Lipinski definition) is 4. The lowest BCUT2D eigenvalue weighted by molar-refractivity contribution is 0.971. The van der Waals surface area contributed by atoms with E-state index in [2.05, 4.69) is 55.3 Å². The second-order valence-corrected chi connectivity index (χ2v) is 10.3. The Hall–Kier alpha value is -3.96. The number of halogens is 2. The van der Waals surface area contributed by atoms with E-state index in [9.17, 15) is 0 Å².